The van der Waals surface area contributed by atoms with Crippen LogP contribution in [-0.2, 0) is 6.42 Å². The van der Waals surface area contributed by atoms with Crippen LogP contribution < -0.4 is 5.32 Å². The Bertz CT molecular complexity index is 370. The summed E-state index contributed by atoms with van der Waals surface area (Å²) in [4.78, 5) is 0. The zero-order valence-electron chi connectivity index (χ0n) is 8.13. The van der Waals surface area contributed by atoms with Gasteiger partial charge in [0.1, 0.15) is 0 Å². The first-order valence-electron chi connectivity index (χ1n) is 4.46. The number of nitrogens with one attached hydrogen (secondary N) is 1. The van der Waals surface area contributed by atoms with Gasteiger partial charge in [0.15, 0.2) is 0 Å². The van der Waals surface area contributed by atoms with Crippen molar-refractivity contribution >= 4 is 35.6 Å². The predicted molar refractivity (Wildman–Crippen MR) is 65.2 cm³/mol. The highest BCUT2D eigenvalue weighted by atomic mass is 35.5. The molecule has 2 atom stereocenters. The van der Waals surface area contributed by atoms with Crippen molar-refractivity contribution in [3.05, 3.63) is 33.3 Å². The Morgan fingerprint density at radius 2 is 2.07 bits per heavy atom. The standard InChI is InChI=1S/C10H11Cl2NO.ClH/c1-13-10-7-2-5(11)3-8(12)6(7)4-9(10)14;/h2-3,9-10,13-14H,4H2,1H3;1H. The van der Waals surface area contributed by atoms with Crippen molar-refractivity contribution in [1.29, 1.82) is 0 Å². The van der Waals surface area contributed by atoms with E-state index in [-0.39, 0.29) is 18.4 Å². The predicted octanol–water partition coefficient (Wildman–Crippen LogP) is 2.59. The average Bonchev–Trinajstić information content (AvgIpc) is 2.41. The Morgan fingerprint density at radius 1 is 1.40 bits per heavy atom. The Labute approximate surface area is 105 Å². The molecule has 0 saturated carbocycles. The summed E-state index contributed by atoms with van der Waals surface area (Å²) in [5.74, 6) is 0. The summed E-state index contributed by atoms with van der Waals surface area (Å²) in [6.45, 7) is 0. The van der Waals surface area contributed by atoms with E-state index < -0.39 is 6.10 Å². The largest absolute Gasteiger partial charge is 0.391 e. The third-order valence-corrected chi connectivity index (χ3v) is 3.19. The number of likely N-dealkylation sites (N-methyl/N-ethyl adjacent to an activating group) is 1. The molecule has 84 valence electrons. The summed E-state index contributed by atoms with van der Waals surface area (Å²) in [6.07, 6.45) is 0.183. The SMILES string of the molecule is CNC1c2cc(Cl)cc(Cl)c2CC1O.Cl. The van der Waals surface area contributed by atoms with Crippen molar-refractivity contribution in [3.63, 3.8) is 0 Å². The van der Waals surface area contributed by atoms with Crippen LogP contribution in [0.5, 0.6) is 0 Å². The molecule has 0 heterocycles. The molecular formula is C10H12Cl3NO. The van der Waals surface area contributed by atoms with E-state index in [0.717, 1.165) is 11.1 Å². The van der Waals surface area contributed by atoms with Gasteiger partial charge in [-0.1, -0.05) is 23.2 Å². The molecule has 0 bridgehead atoms. The molecule has 2 rings (SSSR count). The minimum absolute atomic E-state index is 0. The second kappa shape index (κ2) is 4.89. The van der Waals surface area contributed by atoms with Crippen LogP contribution in [0.2, 0.25) is 10.0 Å². The summed E-state index contributed by atoms with van der Waals surface area (Å²) in [7, 11) is 1.82. The third-order valence-electron chi connectivity index (χ3n) is 2.64. The van der Waals surface area contributed by atoms with E-state index in [1.165, 1.54) is 0 Å². The van der Waals surface area contributed by atoms with Crippen molar-refractivity contribution in [2.45, 2.75) is 18.6 Å². The van der Waals surface area contributed by atoms with Crippen LogP contribution in [0.25, 0.3) is 0 Å². The molecule has 2 nitrogen and oxygen atoms in total. The Balaban J connectivity index is 0.00000112. The van der Waals surface area contributed by atoms with Gasteiger partial charge >= 0.3 is 0 Å². The zero-order chi connectivity index (χ0) is 10.3. The molecule has 0 aliphatic heterocycles. The van der Waals surface area contributed by atoms with Crippen molar-refractivity contribution in [3.8, 4) is 0 Å². The first kappa shape index (κ1) is 13.1. The molecule has 15 heavy (non-hydrogen) atoms. The Hall–Kier alpha value is 0.01000. The van der Waals surface area contributed by atoms with Gasteiger partial charge in [-0.2, -0.15) is 0 Å². The fraction of sp³-hybridized carbons (Fsp3) is 0.400. The van der Waals surface area contributed by atoms with Gasteiger partial charge in [0, 0.05) is 16.5 Å². The van der Waals surface area contributed by atoms with Gasteiger partial charge in [0.2, 0.25) is 0 Å². The fourth-order valence-corrected chi connectivity index (χ4v) is 2.58. The molecule has 0 radical (unpaired) electrons. The molecule has 0 aromatic heterocycles. The van der Waals surface area contributed by atoms with E-state index in [1.807, 2.05) is 13.1 Å². The normalized spacial score (nSPS) is 23.5. The second-order valence-electron chi connectivity index (χ2n) is 3.49. The quantitative estimate of drug-likeness (QED) is 0.820. The lowest BCUT2D eigenvalue weighted by Crippen LogP contribution is -2.25. The third kappa shape index (κ3) is 2.24. The summed E-state index contributed by atoms with van der Waals surface area (Å²) in [5.41, 5.74) is 2.01. The lowest BCUT2D eigenvalue weighted by atomic mass is 10.1. The highest BCUT2D eigenvalue weighted by Gasteiger charge is 2.31. The lowest BCUT2D eigenvalue weighted by Gasteiger charge is -2.14. The number of aliphatic hydroxyl groups excluding tert-OH is 1. The molecule has 0 spiro atoms. The molecule has 0 amide bonds. The van der Waals surface area contributed by atoms with Gasteiger partial charge in [-0.3, -0.25) is 0 Å². The fourth-order valence-electron chi connectivity index (χ4n) is 2.00. The van der Waals surface area contributed by atoms with Crippen LogP contribution in [0.3, 0.4) is 0 Å². The van der Waals surface area contributed by atoms with E-state index in [9.17, 15) is 5.11 Å². The number of hydrogen-bond acceptors (Lipinski definition) is 2. The molecular weight excluding hydrogens is 256 g/mol. The minimum atomic E-state index is -0.411. The average molecular weight is 269 g/mol. The summed E-state index contributed by atoms with van der Waals surface area (Å²) < 4.78 is 0. The van der Waals surface area contributed by atoms with Crippen LogP contribution in [-0.4, -0.2) is 18.3 Å². The highest BCUT2D eigenvalue weighted by Crippen LogP contribution is 2.37. The van der Waals surface area contributed by atoms with E-state index in [0.29, 0.717) is 16.5 Å². The molecule has 1 aliphatic rings. The van der Waals surface area contributed by atoms with Gasteiger partial charge in [-0.15, -0.1) is 12.4 Å². The van der Waals surface area contributed by atoms with Crippen LogP contribution in [0.4, 0.5) is 0 Å². The van der Waals surface area contributed by atoms with Crippen LogP contribution >= 0.6 is 35.6 Å². The van der Waals surface area contributed by atoms with E-state index in [1.54, 1.807) is 6.07 Å². The molecule has 2 N–H and O–H groups in total. The van der Waals surface area contributed by atoms with Crippen molar-refractivity contribution in [1.82, 2.24) is 5.32 Å². The molecule has 0 fully saturated rings. The summed E-state index contributed by atoms with van der Waals surface area (Å²) in [5, 5.41) is 14.1. The number of halogens is 3. The molecule has 2 unspecified atom stereocenters. The Morgan fingerprint density at radius 3 is 2.67 bits per heavy atom. The molecule has 1 aromatic rings. The van der Waals surface area contributed by atoms with E-state index in [2.05, 4.69) is 5.32 Å². The molecule has 0 saturated heterocycles. The summed E-state index contributed by atoms with van der Waals surface area (Å²) in [6, 6.07) is 3.52. The van der Waals surface area contributed by atoms with Crippen LogP contribution in [0.15, 0.2) is 12.1 Å². The maximum Gasteiger partial charge on any atom is 0.0775 e. The first-order chi connectivity index (χ1) is 6.63. The maximum absolute atomic E-state index is 9.76. The van der Waals surface area contributed by atoms with Crippen molar-refractivity contribution in [2.75, 3.05) is 7.05 Å². The smallest absolute Gasteiger partial charge is 0.0775 e. The van der Waals surface area contributed by atoms with Crippen molar-refractivity contribution in [2.24, 2.45) is 0 Å². The van der Waals surface area contributed by atoms with Gasteiger partial charge in [0.05, 0.1) is 12.1 Å². The number of rotatable bonds is 1. The first-order valence-corrected chi connectivity index (χ1v) is 5.22. The number of fused-ring (bicyclic) bond motifs is 1. The number of benzene rings is 1. The summed E-state index contributed by atoms with van der Waals surface area (Å²) >= 11 is 11.9. The van der Waals surface area contributed by atoms with Gasteiger partial charge in [-0.05, 0) is 30.3 Å². The topological polar surface area (TPSA) is 32.3 Å². The molecule has 1 aromatic carbocycles. The van der Waals surface area contributed by atoms with E-state index in [4.69, 9.17) is 23.2 Å². The zero-order valence-corrected chi connectivity index (χ0v) is 10.5. The second-order valence-corrected chi connectivity index (χ2v) is 4.34. The lowest BCUT2D eigenvalue weighted by molar-refractivity contribution is 0.145. The number of hydrogen-bond donors (Lipinski definition) is 2. The van der Waals surface area contributed by atoms with Crippen LogP contribution in [0, 0.1) is 0 Å². The minimum Gasteiger partial charge on any atom is -0.391 e. The van der Waals surface area contributed by atoms with Gasteiger partial charge in [0.25, 0.3) is 0 Å². The molecule has 1 aliphatic carbocycles. The van der Waals surface area contributed by atoms with Crippen LogP contribution in [0.1, 0.15) is 17.2 Å². The number of aliphatic hydroxyl groups is 1. The highest BCUT2D eigenvalue weighted by molar-refractivity contribution is 6.35. The monoisotopic (exact) mass is 267 g/mol. The Kier molecular flexibility index (Phi) is 4.27. The van der Waals surface area contributed by atoms with E-state index >= 15 is 0 Å². The van der Waals surface area contributed by atoms with Gasteiger partial charge < -0.3 is 10.4 Å². The van der Waals surface area contributed by atoms with Crippen molar-refractivity contribution < 1.29 is 5.11 Å². The maximum atomic E-state index is 9.76. The molecule has 5 heteroatoms. The van der Waals surface area contributed by atoms with Gasteiger partial charge in [-0.25, -0.2) is 0 Å².